The lowest BCUT2D eigenvalue weighted by Gasteiger charge is -2.16. The van der Waals surface area contributed by atoms with E-state index in [4.69, 9.17) is 21.7 Å². The summed E-state index contributed by atoms with van der Waals surface area (Å²) in [5, 5.41) is 0. The summed E-state index contributed by atoms with van der Waals surface area (Å²) in [4.78, 5) is 14.8. The lowest BCUT2D eigenvalue weighted by atomic mass is 10.1. The first-order valence-electron chi connectivity index (χ1n) is 9.18. The van der Waals surface area contributed by atoms with E-state index in [1.165, 1.54) is 24.9 Å². The third-order valence-electron chi connectivity index (χ3n) is 4.25. The Balaban J connectivity index is 1.77. The molecule has 29 heavy (non-hydrogen) atoms. The van der Waals surface area contributed by atoms with Gasteiger partial charge in [-0.3, -0.25) is 9.69 Å². The monoisotopic (exact) mass is 431 g/mol. The average Bonchev–Trinajstić information content (AvgIpc) is 2.95. The molecule has 2 aromatic carbocycles. The van der Waals surface area contributed by atoms with Crippen molar-refractivity contribution in [1.29, 1.82) is 0 Å². The smallest absolute Gasteiger partial charge is 0.266 e. The minimum Gasteiger partial charge on any atom is -0.493 e. The molecule has 0 radical (unpaired) electrons. The highest BCUT2D eigenvalue weighted by atomic mass is 32.2. The second-order valence-corrected chi connectivity index (χ2v) is 8.65. The molecular formula is C22H22FNO3S2. The Morgan fingerprint density at radius 3 is 2.66 bits per heavy atom. The van der Waals surface area contributed by atoms with E-state index in [1.54, 1.807) is 41.3 Å². The average molecular weight is 432 g/mol. The molecule has 3 rings (SSSR count). The van der Waals surface area contributed by atoms with Crippen LogP contribution in [-0.2, 0) is 11.4 Å². The Morgan fingerprint density at radius 1 is 1.21 bits per heavy atom. The number of ether oxygens (including phenoxy) is 2. The molecule has 1 amide bonds. The third-order valence-corrected chi connectivity index (χ3v) is 5.63. The first-order chi connectivity index (χ1) is 13.9. The Bertz CT molecular complexity index is 959. The van der Waals surface area contributed by atoms with Gasteiger partial charge < -0.3 is 9.47 Å². The molecule has 0 bridgehead atoms. The molecule has 2 aromatic rings. The molecule has 1 saturated heterocycles. The van der Waals surface area contributed by atoms with Crippen LogP contribution in [0, 0.1) is 11.7 Å². The van der Waals surface area contributed by atoms with Gasteiger partial charge >= 0.3 is 0 Å². The van der Waals surface area contributed by atoms with Gasteiger partial charge in [0.25, 0.3) is 5.91 Å². The molecule has 1 aliphatic heterocycles. The maximum Gasteiger partial charge on any atom is 0.266 e. The highest BCUT2D eigenvalue weighted by Crippen LogP contribution is 2.35. The van der Waals surface area contributed by atoms with Crippen LogP contribution in [0.2, 0.25) is 0 Å². The Morgan fingerprint density at radius 2 is 1.97 bits per heavy atom. The van der Waals surface area contributed by atoms with Crippen molar-refractivity contribution in [1.82, 2.24) is 4.90 Å². The van der Waals surface area contributed by atoms with Crippen LogP contribution in [0.15, 0.2) is 47.4 Å². The van der Waals surface area contributed by atoms with Crippen molar-refractivity contribution in [3.8, 4) is 11.5 Å². The zero-order valence-corrected chi connectivity index (χ0v) is 18.1. The number of carbonyl (C=O) groups excluding carboxylic acids is 1. The predicted octanol–water partition coefficient (Wildman–Crippen LogP) is 5.27. The number of hydrogen-bond acceptors (Lipinski definition) is 5. The van der Waals surface area contributed by atoms with Crippen molar-refractivity contribution in [2.24, 2.45) is 5.92 Å². The fourth-order valence-corrected chi connectivity index (χ4v) is 4.11. The predicted molar refractivity (Wildman–Crippen MR) is 118 cm³/mol. The van der Waals surface area contributed by atoms with Gasteiger partial charge in [0.05, 0.1) is 12.0 Å². The van der Waals surface area contributed by atoms with Crippen molar-refractivity contribution in [3.05, 3.63) is 64.3 Å². The first-order valence-corrected chi connectivity index (χ1v) is 10.4. The Kier molecular flexibility index (Phi) is 6.92. The minimum absolute atomic E-state index is 0.0763. The zero-order valence-electron chi connectivity index (χ0n) is 16.5. The number of amides is 1. The maximum atomic E-state index is 13.8. The van der Waals surface area contributed by atoms with Crippen LogP contribution in [0.1, 0.15) is 25.0 Å². The summed E-state index contributed by atoms with van der Waals surface area (Å²) in [6.45, 7) is 4.80. The molecule has 1 heterocycles. The topological polar surface area (TPSA) is 38.8 Å². The van der Waals surface area contributed by atoms with Gasteiger partial charge in [0.15, 0.2) is 11.5 Å². The molecule has 0 saturated carbocycles. The largest absolute Gasteiger partial charge is 0.493 e. The molecule has 0 N–H and O–H groups in total. The Labute approximate surface area is 179 Å². The van der Waals surface area contributed by atoms with Crippen molar-refractivity contribution in [3.63, 3.8) is 0 Å². The van der Waals surface area contributed by atoms with E-state index >= 15 is 0 Å². The molecular weight excluding hydrogens is 409 g/mol. The zero-order chi connectivity index (χ0) is 21.0. The van der Waals surface area contributed by atoms with Crippen molar-refractivity contribution < 1.29 is 18.7 Å². The molecule has 0 unspecified atom stereocenters. The molecule has 7 heteroatoms. The fraction of sp³-hybridized carbons (Fsp3) is 0.273. The number of hydrogen-bond donors (Lipinski definition) is 0. The van der Waals surface area contributed by atoms with Gasteiger partial charge in [-0.2, -0.15) is 0 Å². The van der Waals surface area contributed by atoms with Gasteiger partial charge in [0.2, 0.25) is 0 Å². The van der Waals surface area contributed by atoms with Crippen molar-refractivity contribution >= 4 is 40.3 Å². The molecule has 1 fully saturated rings. The standard InChI is InChI=1S/C22H22FNO3S2/c1-14(2)12-24-21(25)20(29-22(24)28)11-15-8-9-18(19(10-15)26-3)27-13-16-6-4-5-7-17(16)23/h4-11,14H,12-13H2,1-3H3/b20-11-. The van der Waals surface area contributed by atoms with Crippen LogP contribution in [0.4, 0.5) is 4.39 Å². The summed E-state index contributed by atoms with van der Waals surface area (Å²) >= 11 is 6.64. The summed E-state index contributed by atoms with van der Waals surface area (Å²) in [5.41, 5.74) is 1.26. The SMILES string of the molecule is COc1cc(/C=C2\SC(=S)N(CC(C)C)C2=O)ccc1OCc1ccccc1F. The quantitative estimate of drug-likeness (QED) is 0.441. The molecule has 4 nitrogen and oxygen atoms in total. The Hall–Kier alpha value is -2.38. The van der Waals surface area contributed by atoms with Crippen LogP contribution in [0.3, 0.4) is 0 Å². The molecule has 0 atom stereocenters. The second kappa shape index (κ2) is 9.41. The number of carbonyl (C=O) groups is 1. The summed E-state index contributed by atoms with van der Waals surface area (Å²) in [6, 6.07) is 11.8. The third kappa shape index (κ3) is 5.16. The number of benzene rings is 2. The number of halogens is 1. The van der Waals surface area contributed by atoms with Gasteiger partial charge in [0.1, 0.15) is 16.7 Å². The summed E-state index contributed by atoms with van der Waals surface area (Å²) in [5.74, 6) is 0.954. The van der Waals surface area contributed by atoms with Crippen LogP contribution < -0.4 is 9.47 Å². The van der Waals surface area contributed by atoms with E-state index in [0.29, 0.717) is 38.8 Å². The second-order valence-electron chi connectivity index (χ2n) is 6.98. The van der Waals surface area contributed by atoms with E-state index in [9.17, 15) is 9.18 Å². The summed E-state index contributed by atoms with van der Waals surface area (Å²) < 4.78 is 25.5. The normalized spacial score (nSPS) is 15.5. The van der Waals surface area contributed by atoms with E-state index in [1.807, 2.05) is 19.9 Å². The van der Waals surface area contributed by atoms with Crippen molar-refractivity contribution in [2.45, 2.75) is 20.5 Å². The lowest BCUT2D eigenvalue weighted by molar-refractivity contribution is -0.122. The molecule has 0 aromatic heterocycles. The maximum absolute atomic E-state index is 13.8. The number of nitrogens with zero attached hydrogens (tertiary/aromatic N) is 1. The fourth-order valence-electron chi connectivity index (χ4n) is 2.84. The van der Waals surface area contributed by atoms with E-state index in [0.717, 1.165) is 5.56 Å². The van der Waals surface area contributed by atoms with Gasteiger partial charge in [-0.1, -0.05) is 62.1 Å². The molecule has 0 aliphatic carbocycles. The first kappa shape index (κ1) is 21.3. The van der Waals surface area contributed by atoms with E-state index in [-0.39, 0.29) is 18.3 Å². The number of thioether (sulfide) groups is 1. The molecule has 152 valence electrons. The van der Waals surface area contributed by atoms with Gasteiger partial charge in [-0.15, -0.1) is 0 Å². The number of rotatable bonds is 7. The van der Waals surface area contributed by atoms with Crippen LogP contribution in [0.25, 0.3) is 6.08 Å². The highest BCUT2D eigenvalue weighted by Gasteiger charge is 2.32. The van der Waals surface area contributed by atoms with E-state index < -0.39 is 0 Å². The van der Waals surface area contributed by atoms with Crippen LogP contribution >= 0.6 is 24.0 Å². The van der Waals surface area contributed by atoms with Crippen LogP contribution in [0.5, 0.6) is 11.5 Å². The molecule has 0 spiro atoms. The summed E-state index contributed by atoms with van der Waals surface area (Å²) in [6.07, 6.45) is 1.79. The van der Waals surface area contributed by atoms with Crippen molar-refractivity contribution in [2.75, 3.05) is 13.7 Å². The molecule has 1 aliphatic rings. The van der Waals surface area contributed by atoms with Gasteiger partial charge in [0, 0.05) is 12.1 Å². The van der Waals surface area contributed by atoms with Gasteiger partial charge in [-0.05, 0) is 35.8 Å². The van der Waals surface area contributed by atoms with Crippen LogP contribution in [-0.4, -0.2) is 28.8 Å². The van der Waals surface area contributed by atoms with E-state index in [2.05, 4.69) is 0 Å². The number of thiocarbonyl (C=S) groups is 1. The summed E-state index contributed by atoms with van der Waals surface area (Å²) in [7, 11) is 1.54. The minimum atomic E-state index is -0.313. The highest BCUT2D eigenvalue weighted by molar-refractivity contribution is 8.26. The lowest BCUT2D eigenvalue weighted by Crippen LogP contribution is -2.31. The number of methoxy groups -OCH3 is 1. The van der Waals surface area contributed by atoms with Gasteiger partial charge in [-0.25, -0.2) is 4.39 Å².